The second-order valence-electron chi connectivity index (χ2n) is 38.3. The average molecular weight is 1880 g/mol. The van der Waals surface area contributed by atoms with E-state index in [-0.39, 0.29) is 51.2 Å². The van der Waals surface area contributed by atoms with E-state index in [2.05, 4.69) is 154 Å². The number of hydrogen-bond donors (Lipinski definition) is 0. The first-order chi connectivity index (χ1) is 65.1. The van der Waals surface area contributed by atoms with Gasteiger partial charge in [0.05, 0.1) is 30.7 Å². The third-order valence-electron chi connectivity index (χ3n) is 28.0. The van der Waals surface area contributed by atoms with E-state index in [1.54, 1.807) is 7.11 Å². The number of piperidine rings is 5. The molecule has 10 aromatic carbocycles. The number of carbonyl (C=O) groups is 5. The number of rotatable bonds is 24. The molecule has 17 nitrogen and oxygen atoms in total. The number of fused-ring (bicyclic) bond motifs is 5. The van der Waals surface area contributed by atoms with Gasteiger partial charge in [-0.05, 0) is 186 Å². The first-order valence-corrected chi connectivity index (χ1v) is 52.1. The molecule has 10 aromatic rings. The van der Waals surface area contributed by atoms with Crippen LogP contribution < -0.4 is 32.9 Å². The Morgan fingerprint density at radius 1 is 0.376 bits per heavy atom. The minimum Gasteiger partial charge on any atom is -0.493 e. The van der Waals surface area contributed by atoms with Crippen molar-refractivity contribution in [2.45, 2.75) is 182 Å². The first-order valence-electron chi connectivity index (χ1n) is 48.9. The number of amides is 5. The molecular formula is C114H133N5O12SSe. The minimum absolute atomic E-state index is 0.0396. The van der Waals surface area contributed by atoms with E-state index in [0.29, 0.717) is 66.1 Å². The SMILES string of the molecule is CC1(C[Se]c2ccccc2)COc2cc(C(=O)N3CCCCC3)ccc21.CCCCSCC1(C)COc2cc(C(=O)N3CCCCC3)ccc21.COCC1(Cc2ccccc2)COc2cc(C(=O)N3CCCCC3)ccc21.O=C(c1ccc2c(c1)OCC2(COc1ccccc1)Cc1ccccc1)N1CCCCC1.O=C(c1ccc2c(c1)OCC2Cc1ccccc1)N1CCCCC1. The molecule has 0 spiro atoms. The summed E-state index contributed by atoms with van der Waals surface area (Å²) in [4.78, 5) is 73.8. The van der Waals surface area contributed by atoms with Gasteiger partial charge in [-0.1, -0.05) is 154 Å². The molecule has 698 valence electrons. The number of unbranched alkanes of at least 4 members (excludes halogenated alkanes) is 1. The van der Waals surface area contributed by atoms with Gasteiger partial charge in [0.2, 0.25) is 0 Å². The monoisotopic (exact) mass is 1880 g/mol. The van der Waals surface area contributed by atoms with Gasteiger partial charge in [-0.25, -0.2) is 0 Å². The fourth-order valence-electron chi connectivity index (χ4n) is 20.2. The number of hydrogen-bond acceptors (Lipinski definition) is 13. The van der Waals surface area contributed by atoms with Gasteiger partial charge in [-0.3, -0.25) is 19.2 Å². The van der Waals surface area contributed by atoms with Crippen molar-refractivity contribution in [3.8, 4) is 34.5 Å². The van der Waals surface area contributed by atoms with Crippen molar-refractivity contribution < 1.29 is 57.1 Å². The molecule has 0 aromatic heterocycles. The van der Waals surface area contributed by atoms with Crippen molar-refractivity contribution in [3.63, 3.8) is 0 Å². The summed E-state index contributed by atoms with van der Waals surface area (Å²) in [5.41, 5.74) is 13.2. The molecule has 10 aliphatic heterocycles. The Hall–Kier alpha value is -10.8. The maximum Gasteiger partial charge on any atom is 0.253 e. The molecule has 20 rings (SSSR count). The van der Waals surface area contributed by atoms with E-state index in [1.807, 2.05) is 145 Å². The summed E-state index contributed by atoms with van der Waals surface area (Å²) in [6.07, 6.45) is 22.4. The van der Waals surface area contributed by atoms with E-state index in [0.717, 1.165) is 234 Å². The van der Waals surface area contributed by atoms with Crippen molar-refractivity contribution in [1.29, 1.82) is 0 Å². The fourth-order valence-corrected chi connectivity index (χ4v) is 23.8. The smallest absolute Gasteiger partial charge is 0.253 e. The van der Waals surface area contributed by atoms with Crippen LogP contribution in [-0.2, 0) is 45.7 Å². The Kier molecular flexibility index (Phi) is 32.9. The van der Waals surface area contributed by atoms with E-state index < -0.39 is 0 Å². The van der Waals surface area contributed by atoms with Crippen LogP contribution in [0.15, 0.2) is 243 Å². The molecule has 5 atom stereocenters. The van der Waals surface area contributed by atoms with E-state index in [4.69, 9.17) is 33.2 Å². The van der Waals surface area contributed by atoms with Gasteiger partial charge in [-0.2, -0.15) is 11.8 Å². The number of benzene rings is 10. The number of nitrogens with zero attached hydrogens (tertiary/aromatic N) is 5. The van der Waals surface area contributed by atoms with Crippen molar-refractivity contribution >= 4 is 60.7 Å². The van der Waals surface area contributed by atoms with Gasteiger partial charge in [0.1, 0.15) is 48.6 Å². The topological polar surface area (TPSA) is 166 Å². The number of para-hydroxylation sites is 1. The van der Waals surface area contributed by atoms with Gasteiger partial charge < -0.3 is 48.0 Å². The zero-order valence-corrected chi connectivity index (χ0v) is 80.9. The van der Waals surface area contributed by atoms with Crippen LogP contribution in [0.5, 0.6) is 34.5 Å². The molecule has 5 fully saturated rings. The molecule has 0 aliphatic carbocycles. The largest absolute Gasteiger partial charge is 0.493 e. The van der Waals surface area contributed by atoms with Crippen molar-refractivity contribution in [1.82, 2.24) is 24.5 Å². The Bertz CT molecular complexity index is 5510. The van der Waals surface area contributed by atoms with Crippen LogP contribution in [0.25, 0.3) is 0 Å². The van der Waals surface area contributed by atoms with Crippen LogP contribution in [0, 0.1) is 0 Å². The quantitative estimate of drug-likeness (QED) is 0.0415. The average Bonchev–Trinajstić information content (AvgIpc) is 1.55. The third kappa shape index (κ3) is 23.9. The van der Waals surface area contributed by atoms with Crippen LogP contribution >= 0.6 is 11.8 Å². The second kappa shape index (κ2) is 45.9. The Labute approximate surface area is 798 Å². The van der Waals surface area contributed by atoms with E-state index in [1.165, 1.54) is 88.5 Å². The standard InChI is InChI=1S/C28H29NO3.C23H27NO3.C22H25NO2Se.C21H23NO2.C20H29NO2S/c30-27(29-16-8-3-9-17-29)23-14-15-25-26(18-23)32-21-28(25,19-22-10-4-1-5-11-22)20-31-24-12-6-2-7-13-24;1-26-16-23(15-18-8-4-2-5-9-18)17-27-21-14-19(10-11-20(21)23)22(25)24-12-6-3-7-13-24;1-22(16-26-18-8-4-2-5-9-18)15-25-20-14-17(10-11-19(20)22)21(24)23-12-6-3-7-13-23;23-21(22-11-5-2-6-12-22)17-9-10-19-18(15-24-20(19)14-17)13-16-7-3-1-4-8-16;1-3-4-12-24-15-20(2)14-23-18-13-16(8-9-17(18)20)19(22)21-10-6-5-7-11-21/h1-2,4-7,10-15,18H,3,8-9,16-17,19-21H2;2,4-5,8-11,14H,3,6-7,12-13,15-17H2,1H3;2,4-5,8-11,14H,3,6-7,12-13,15-16H2,1H3;1,3-4,7-10,14,18H,2,5-6,11-13,15H2;8-9,13H,3-7,10-12,14-15H2,1-2H3. The van der Waals surface area contributed by atoms with Crippen LogP contribution in [0.4, 0.5) is 0 Å². The molecule has 5 unspecified atom stereocenters. The predicted octanol–water partition coefficient (Wildman–Crippen LogP) is 21.0. The molecule has 0 N–H and O–H groups in total. The Morgan fingerprint density at radius 3 is 1.14 bits per heavy atom. The third-order valence-corrected chi connectivity index (χ3v) is 32.3. The van der Waals surface area contributed by atoms with E-state index >= 15 is 0 Å². The molecule has 0 saturated carbocycles. The maximum atomic E-state index is 13.0. The van der Waals surface area contributed by atoms with Crippen LogP contribution in [0.2, 0.25) is 5.32 Å². The van der Waals surface area contributed by atoms with Gasteiger partial charge in [0, 0.05) is 121 Å². The summed E-state index contributed by atoms with van der Waals surface area (Å²) in [6, 6.07) is 82.2. The van der Waals surface area contributed by atoms with Crippen LogP contribution in [0.1, 0.15) is 232 Å². The summed E-state index contributed by atoms with van der Waals surface area (Å²) in [5.74, 6) is 8.54. The Balaban J connectivity index is 0.000000122. The van der Waals surface area contributed by atoms with Gasteiger partial charge in [0.15, 0.2) is 0 Å². The van der Waals surface area contributed by atoms with E-state index in [9.17, 15) is 24.0 Å². The van der Waals surface area contributed by atoms with Gasteiger partial charge in [-0.15, -0.1) is 0 Å². The molecule has 5 saturated heterocycles. The molecule has 0 bridgehead atoms. The molecule has 5 amide bonds. The fraction of sp³-hybridized carbons (Fsp3) is 0.430. The Morgan fingerprint density at radius 2 is 0.722 bits per heavy atom. The molecule has 133 heavy (non-hydrogen) atoms. The zero-order chi connectivity index (χ0) is 91.8. The van der Waals surface area contributed by atoms with Crippen molar-refractivity contribution in [2.24, 2.45) is 0 Å². The van der Waals surface area contributed by atoms with Gasteiger partial charge >= 0.3 is 162 Å². The normalized spacial score (nSPS) is 21.1. The molecule has 19 heteroatoms. The van der Waals surface area contributed by atoms with Crippen molar-refractivity contribution in [2.75, 3.05) is 130 Å². The van der Waals surface area contributed by atoms with Crippen LogP contribution in [-0.4, -0.2) is 199 Å². The summed E-state index contributed by atoms with van der Waals surface area (Å²) in [6.45, 7) is 19.9. The second-order valence-corrected chi connectivity index (χ2v) is 41.6. The van der Waals surface area contributed by atoms with Gasteiger partial charge in [0.25, 0.3) is 23.6 Å². The predicted molar refractivity (Wildman–Crippen MR) is 532 cm³/mol. The number of ether oxygens (including phenoxy) is 7. The molecule has 10 heterocycles. The number of thioether (sulfide) groups is 1. The maximum absolute atomic E-state index is 13.0. The van der Waals surface area contributed by atoms with Crippen LogP contribution in [0.3, 0.4) is 0 Å². The number of likely N-dealkylation sites (tertiary alicyclic amines) is 5. The summed E-state index contributed by atoms with van der Waals surface area (Å²) in [7, 11) is 1.74. The molecular weight excluding hydrogens is 1740 g/mol. The minimum atomic E-state index is -0.306. The molecule has 0 radical (unpaired) electrons. The number of methoxy groups -OCH3 is 1. The van der Waals surface area contributed by atoms with Crippen molar-refractivity contribution in [3.05, 3.63) is 315 Å². The summed E-state index contributed by atoms with van der Waals surface area (Å²) >= 11 is 2.44. The summed E-state index contributed by atoms with van der Waals surface area (Å²) in [5, 5.41) is 1.11. The number of carbonyl (C=O) groups excluding carboxylic acids is 5. The zero-order valence-electron chi connectivity index (χ0n) is 78.4. The first kappa shape index (κ1) is 95.3. The molecule has 10 aliphatic rings. The summed E-state index contributed by atoms with van der Waals surface area (Å²) < 4.78 is 43.4.